The number of nitriles is 1. The second kappa shape index (κ2) is 8.80. The zero-order valence-corrected chi connectivity index (χ0v) is 16.6. The Hall–Kier alpha value is -3.31. The number of halogens is 1. The van der Waals surface area contributed by atoms with Crippen molar-refractivity contribution < 1.29 is 18.7 Å². The summed E-state index contributed by atoms with van der Waals surface area (Å²) >= 11 is 1.09. The minimum absolute atomic E-state index is 0.00823. The Bertz CT molecular complexity index is 1010. The number of carbonyl (C=O) groups is 2. The van der Waals surface area contributed by atoms with Crippen molar-refractivity contribution in [1.82, 2.24) is 5.32 Å². The van der Waals surface area contributed by atoms with Crippen molar-refractivity contribution >= 4 is 29.3 Å². The van der Waals surface area contributed by atoms with Gasteiger partial charge in [-0.25, -0.2) is 4.39 Å². The number of amides is 2. The Balaban J connectivity index is 2.03. The average molecular weight is 411 g/mol. The SMILES string of the molecule is CNC(=O)C(C#N)=C1SC(Cc2ccc(OC)cc2)C(=O)N1c1ccccc1F. The summed E-state index contributed by atoms with van der Waals surface area (Å²) in [6.07, 6.45) is 0.356. The second-order valence-electron chi connectivity index (χ2n) is 6.15. The molecule has 2 aromatic rings. The van der Waals surface area contributed by atoms with Crippen LogP contribution in [0.15, 0.2) is 59.1 Å². The number of nitrogens with one attached hydrogen (secondary N) is 1. The van der Waals surface area contributed by atoms with Crippen LogP contribution in [0.5, 0.6) is 5.75 Å². The van der Waals surface area contributed by atoms with Gasteiger partial charge in [0, 0.05) is 7.05 Å². The van der Waals surface area contributed by atoms with E-state index in [0.29, 0.717) is 12.2 Å². The number of likely N-dealkylation sites (N-methyl/N-ethyl adjacent to an activating group) is 1. The molecule has 1 N–H and O–H groups in total. The number of hydrogen-bond acceptors (Lipinski definition) is 5. The van der Waals surface area contributed by atoms with Crippen LogP contribution in [0.3, 0.4) is 0 Å². The first-order valence-electron chi connectivity index (χ1n) is 8.74. The van der Waals surface area contributed by atoms with Crippen LogP contribution in [0.1, 0.15) is 5.56 Å². The topological polar surface area (TPSA) is 82.4 Å². The molecule has 8 heteroatoms. The summed E-state index contributed by atoms with van der Waals surface area (Å²) < 4.78 is 19.6. The van der Waals surface area contributed by atoms with Crippen LogP contribution in [-0.2, 0) is 16.0 Å². The first kappa shape index (κ1) is 20.4. The summed E-state index contributed by atoms with van der Waals surface area (Å²) in [5.74, 6) is -0.936. The first-order valence-corrected chi connectivity index (χ1v) is 9.62. The van der Waals surface area contributed by atoms with E-state index in [1.807, 2.05) is 18.2 Å². The lowest BCUT2D eigenvalue weighted by molar-refractivity contribution is -0.117. The maximum absolute atomic E-state index is 14.5. The number of rotatable bonds is 5. The van der Waals surface area contributed by atoms with Crippen molar-refractivity contribution in [3.05, 3.63) is 70.5 Å². The molecule has 29 heavy (non-hydrogen) atoms. The smallest absolute Gasteiger partial charge is 0.264 e. The molecule has 1 saturated heterocycles. The van der Waals surface area contributed by atoms with Gasteiger partial charge in [-0.1, -0.05) is 36.0 Å². The van der Waals surface area contributed by atoms with Gasteiger partial charge in [-0.05, 0) is 36.2 Å². The van der Waals surface area contributed by atoms with Crippen LogP contribution >= 0.6 is 11.8 Å². The minimum atomic E-state index is -0.630. The predicted molar refractivity (Wildman–Crippen MR) is 109 cm³/mol. The number of methoxy groups -OCH3 is 1. The van der Waals surface area contributed by atoms with Crippen LogP contribution in [-0.4, -0.2) is 31.2 Å². The molecule has 1 atom stereocenters. The Morgan fingerprint density at radius 1 is 1.28 bits per heavy atom. The van der Waals surface area contributed by atoms with E-state index in [-0.39, 0.29) is 22.2 Å². The molecule has 3 rings (SSSR count). The summed E-state index contributed by atoms with van der Waals surface area (Å²) in [4.78, 5) is 26.5. The fraction of sp³-hybridized carbons (Fsp3) is 0.190. The highest BCUT2D eigenvalue weighted by Gasteiger charge is 2.41. The van der Waals surface area contributed by atoms with Crippen LogP contribution in [0.4, 0.5) is 10.1 Å². The summed E-state index contributed by atoms with van der Waals surface area (Å²) in [6.45, 7) is 0. The number of para-hydroxylation sites is 1. The van der Waals surface area contributed by atoms with Crippen molar-refractivity contribution in [2.45, 2.75) is 11.7 Å². The van der Waals surface area contributed by atoms with E-state index in [9.17, 15) is 19.2 Å². The maximum atomic E-state index is 14.5. The molecule has 148 valence electrons. The number of benzene rings is 2. The molecule has 1 unspecified atom stereocenters. The number of thioether (sulfide) groups is 1. The molecule has 0 aromatic heterocycles. The molecule has 0 aliphatic carbocycles. The maximum Gasteiger partial charge on any atom is 0.264 e. The molecule has 1 heterocycles. The van der Waals surface area contributed by atoms with Gasteiger partial charge in [0.25, 0.3) is 5.91 Å². The monoisotopic (exact) mass is 411 g/mol. The second-order valence-corrected chi connectivity index (χ2v) is 7.35. The highest BCUT2D eigenvalue weighted by Crippen LogP contribution is 2.42. The standard InChI is InChI=1S/C21H18FN3O3S/c1-24-19(26)15(12-23)21-25(17-6-4-3-5-16(17)22)20(27)18(29-21)11-13-7-9-14(28-2)10-8-13/h3-10,18H,11H2,1-2H3,(H,24,26). The Labute approximate surface area is 172 Å². The fourth-order valence-electron chi connectivity index (χ4n) is 2.94. The Morgan fingerprint density at radius 3 is 2.55 bits per heavy atom. The third kappa shape index (κ3) is 4.10. The molecule has 0 spiro atoms. The van der Waals surface area contributed by atoms with Gasteiger partial charge in [0.2, 0.25) is 5.91 Å². The molecule has 2 amide bonds. The van der Waals surface area contributed by atoms with E-state index in [1.54, 1.807) is 25.3 Å². The summed E-state index contributed by atoms with van der Waals surface area (Å²) in [6, 6.07) is 14.9. The summed E-state index contributed by atoms with van der Waals surface area (Å²) in [5, 5.41) is 11.4. The van der Waals surface area contributed by atoms with Gasteiger partial charge >= 0.3 is 0 Å². The highest BCUT2D eigenvalue weighted by molar-refractivity contribution is 8.05. The fourth-order valence-corrected chi connectivity index (χ4v) is 4.24. The lowest BCUT2D eigenvalue weighted by Gasteiger charge is -2.19. The largest absolute Gasteiger partial charge is 0.497 e. The predicted octanol–water partition coefficient (Wildman–Crippen LogP) is 3.01. The average Bonchev–Trinajstić information content (AvgIpc) is 3.05. The third-order valence-corrected chi connectivity index (χ3v) is 5.67. The molecule has 0 saturated carbocycles. The molecule has 6 nitrogen and oxygen atoms in total. The number of ether oxygens (including phenoxy) is 1. The van der Waals surface area contributed by atoms with E-state index < -0.39 is 17.0 Å². The van der Waals surface area contributed by atoms with Crippen molar-refractivity contribution in [2.75, 3.05) is 19.1 Å². The van der Waals surface area contributed by atoms with Crippen LogP contribution < -0.4 is 15.0 Å². The van der Waals surface area contributed by atoms with Gasteiger partial charge in [-0.3, -0.25) is 14.5 Å². The summed E-state index contributed by atoms with van der Waals surface area (Å²) in [7, 11) is 2.96. The van der Waals surface area contributed by atoms with Gasteiger partial charge in [0.05, 0.1) is 18.0 Å². The van der Waals surface area contributed by atoms with Crippen molar-refractivity contribution in [3.8, 4) is 11.8 Å². The molecular formula is C21H18FN3O3S. The van der Waals surface area contributed by atoms with Gasteiger partial charge in [-0.2, -0.15) is 5.26 Å². The van der Waals surface area contributed by atoms with E-state index in [0.717, 1.165) is 22.2 Å². The van der Waals surface area contributed by atoms with Crippen molar-refractivity contribution in [1.29, 1.82) is 5.26 Å². The molecule has 2 aromatic carbocycles. The van der Waals surface area contributed by atoms with Gasteiger partial charge in [-0.15, -0.1) is 0 Å². The molecular weight excluding hydrogens is 393 g/mol. The first-order chi connectivity index (χ1) is 14.0. The van der Waals surface area contributed by atoms with E-state index in [2.05, 4.69) is 5.32 Å². The minimum Gasteiger partial charge on any atom is -0.497 e. The number of nitrogens with zero attached hydrogens (tertiary/aromatic N) is 2. The van der Waals surface area contributed by atoms with Crippen molar-refractivity contribution in [3.63, 3.8) is 0 Å². The molecule has 0 bridgehead atoms. The Morgan fingerprint density at radius 2 is 1.97 bits per heavy atom. The van der Waals surface area contributed by atoms with Crippen LogP contribution in [0, 0.1) is 17.1 Å². The zero-order chi connectivity index (χ0) is 21.0. The number of carbonyl (C=O) groups excluding carboxylic acids is 2. The molecule has 1 fully saturated rings. The lowest BCUT2D eigenvalue weighted by Crippen LogP contribution is -2.32. The van der Waals surface area contributed by atoms with Gasteiger partial charge in [0.15, 0.2) is 0 Å². The van der Waals surface area contributed by atoms with Gasteiger partial charge in [0.1, 0.15) is 28.2 Å². The van der Waals surface area contributed by atoms with E-state index in [1.165, 1.54) is 25.2 Å². The molecule has 0 radical (unpaired) electrons. The van der Waals surface area contributed by atoms with Crippen molar-refractivity contribution in [2.24, 2.45) is 0 Å². The van der Waals surface area contributed by atoms with Crippen LogP contribution in [0.25, 0.3) is 0 Å². The normalized spacial score (nSPS) is 17.7. The molecule has 1 aliphatic rings. The number of hydrogen-bond donors (Lipinski definition) is 1. The van der Waals surface area contributed by atoms with Crippen LogP contribution in [0.2, 0.25) is 0 Å². The molecule has 1 aliphatic heterocycles. The summed E-state index contributed by atoms with van der Waals surface area (Å²) in [5.41, 5.74) is 0.657. The highest BCUT2D eigenvalue weighted by atomic mass is 32.2. The Kier molecular flexibility index (Phi) is 6.20. The quantitative estimate of drug-likeness (QED) is 0.604. The third-order valence-electron chi connectivity index (χ3n) is 4.41. The van der Waals surface area contributed by atoms with Gasteiger partial charge < -0.3 is 10.1 Å². The number of anilines is 1. The lowest BCUT2D eigenvalue weighted by atomic mass is 10.1. The van der Waals surface area contributed by atoms with E-state index >= 15 is 0 Å². The van der Waals surface area contributed by atoms with E-state index in [4.69, 9.17) is 4.74 Å². The zero-order valence-electron chi connectivity index (χ0n) is 15.8.